The van der Waals surface area contributed by atoms with E-state index in [0.29, 0.717) is 5.56 Å². The van der Waals surface area contributed by atoms with Crippen molar-refractivity contribution >= 4 is 21.8 Å². The van der Waals surface area contributed by atoms with Gasteiger partial charge in [-0.1, -0.05) is 22.0 Å². The summed E-state index contributed by atoms with van der Waals surface area (Å²) in [5.74, 6) is 4.85. The van der Waals surface area contributed by atoms with Gasteiger partial charge < -0.3 is 4.74 Å². The molecular weight excluding hydrogens is 322 g/mol. The van der Waals surface area contributed by atoms with Crippen LogP contribution in [0.2, 0.25) is 0 Å². The monoisotopic (exact) mass is 341 g/mol. The number of nitrogens with zero attached hydrogens (tertiary/aromatic N) is 1. The molecule has 1 fully saturated rings. The van der Waals surface area contributed by atoms with E-state index in [1.54, 1.807) is 12.1 Å². The Labute approximate surface area is 127 Å². The second-order valence-corrected chi connectivity index (χ2v) is 6.09. The van der Waals surface area contributed by atoms with Crippen LogP contribution < -0.4 is 11.3 Å². The molecule has 1 aromatic carbocycles. The van der Waals surface area contributed by atoms with Crippen LogP contribution in [-0.4, -0.2) is 36.1 Å². The van der Waals surface area contributed by atoms with Crippen molar-refractivity contribution in [3.05, 3.63) is 33.8 Å². The van der Waals surface area contributed by atoms with E-state index in [1.165, 1.54) is 0 Å². The van der Waals surface area contributed by atoms with Crippen molar-refractivity contribution in [2.45, 2.75) is 32.6 Å². The Bertz CT molecular complexity index is 485. The lowest BCUT2D eigenvalue weighted by Gasteiger charge is -2.35. The van der Waals surface area contributed by atoms with Gasteiger partial charge in [-0.05, 0) is 31.5 Å². The topological polar surface area (TPSA) is 67.6 Å². The van der Waals surface area contributed by atoms with Crippen LogP contribution in [0, 0.1) is 0 Å². The summed E-state index contributed by atoms with van der Waals surface area (Å²) < 4.78 is 6.65. The molecule has 5 nitrogen and oxygen atoms in total. The van der Waals surface area contributed by atoms with Crippen molar-refractivity contribution in [3.8, 4) is 0 Å². The third kappa shape index (κ3) is 3.79. The number of benzene rings is 1. The molecule has 6 heteroatoms. The maximum atomic E-state index is 11.5. The minimum Gasteiger partial charge on any atom is -0.373 e. The average Bonchev–Trinajstić information content (AvgIpc) is 2.39. The van der Waals surface area contributed by atoms with Gasteiger partial charge in [0.1, 0.15) is 0 Å². The Morgan fingerprint density at radius 2 is 2.10 bits per heavy atom. The second-order valence-electron chi connectivity index (χ2n) is 5.23. The number of nitrogens with two attached hydrogens (primary N) is 1. The zero-order valence-electron chi connectivity index (χ0n) is 11.7. The van der Waals surface area contributed by atoms with Gasteiger partial charge in [0.15, 0.2) is 0 Å². The lowest BCUT2D eigenvalue weighted by molar-refractivity contribution is -0.0705. The fraction of sp³-hybridized carbons (Fsp3) is 0.500. The number of hydrazine groups is 1. The van der Waals surface area contributed by atoms with Crippen LogP contribution in [0.25, 0.3) is 0 Å². The molecule has 0 aliphatic carbocycles. The first-order chi connectivity index (χ1) is 9.49. The summed E-state index contributed by atoms with van der Waals surface area (Å²) in [6, 6.07) is 5.54. The van der Waals surface area contributed by atoms with Gasteiger partial charge in [0.2, 0.25) is 0 Å². The van der Waals surface area contributed by atoms with Gasteiger partial charge in [-0.3, -0.25) is 15.1 Å². The third-order valence-corrected chi connectivity index (χ3v) is 4.07. The Balaban J connectivity index is 2.08. The fourth-order valence-electron chi connectivity index (χ4n) is 2.55. The van der Waals surface area contributed by atoms with Crippen LogP contribution in [0.15, 0.2) is 22.7 Å². The molecule has 0 bridgehead atoms. The highest BCUT2D eigenvalue weighted by Crippen LogP contribution is 2.22. The van der Waals surface area contributed by atoms with Crippen molar-refractivity contribution in [2.24, 2.45) is 5.84 Å². The number of halogens is 1. The Hall–Kier alpha value is -0.950. The summed E-state index contributed by atoms with van der Waals surface area (Å²) >= 11 is 3.52. The first kappa shape index (κ1) is 15.4. The predicted octanol–water partition coefficient (Wildman–Crippen LogP) is 1.66. The Morgan fingerprint density at radius 1 is 1.45 bits per heavy atom. The van der Waals surface area contributed by atoms with E-state index < -0.39 is 0 Å². The van der Waals surface area contributed by atoms with Crippen molar-refractivity contribution in [1.82, 2.24) is 10.3 Å². The van der Waals surface area contributed by atoms with Gasteiger partial charge in [-0.25, -0.2) is 5.84 Å². The number of nitrogens with one attached hydrogen (secondary N) is 1. The van der Waals surface area contributed by atoms with Crippen LogP contribution in [-0.2, 0) is 11.3 Å². The summed E-state index contributed by atoms with van der Waals surface area (Å²) in [6.45, 7) is 6.85. The number of morpholine rings is 1. The number of carbonyl (C=O) groups excluding carboxylic acids is 1. The Kier molecular flexibility index (Phi) is 5.15. The highest BCUT2D eigenvalue weighted by molar-refractivity contribution is 9.10. The molecule has 2 unspecified atom stereocenters. The maximum absolute atomic E-state index is 11.5. The molecule has 0 saturated carbocycles. The van der Waals surface area contributed by atoms with Gasteiger partial charge in [-0.2, -0.15) is 0 Å². The number of rotatable bonds is 3. The van der Waals surface area contributed by atoms with Crippen LogP contribution >= 0.6 is 15.9 Å². The van der Waals surface area contributed by atoms with E-state index in [-0.39, 0.29) is 18.1 Å². The van der Waals surface area contributed by atoms with E-state index in [2.05, 4.69) is 40.1 Å². The van der Waals surface area contributed by atoms with Gasteiger partial charge in [0, 0.05) is 29.7 Å². The van der Waals surface area contributed by atoms with Crippen molar-refractivity contribution in [1.29, 1.82) is 0 Å². The minimum atomic E-state index is -0.286. The molecular formula is C14H20BrN3O2. The van der Waals surface area contributed by atoms with Crippen LogP contribution in [0.1, 0.15) is 29.8 Å². The molecule has 1 aromatic rings. The molecule has 0 aromatic heterocycles. The molecule has 1 amide bonds. The number of hydrogen-bond acceptors (Lipinski definition) is 4. The average molecular weight is 342 g/mol. The van der Waals surface area contributed by atoms with Crippen molar-refractivity contribution in [2.75, 3.05) is 13.1 Å². The van der Waals surface area contributed by atoms with E-state index in [9.17, 15) is 4.79 Å². The standard InChI is InChI=1S/C14H20BrN3O2/c1-9-6-18(7-10(2)20-9)8-12-4-3-11(5-13(12)15)14(19)17-16/h3-5,9-10H,6-8,16H2,1-2H3,(H,17,19). The first-order valence-corrected chi connectivity index (χ1v) is 7.46. The van der Waals surface area contributed by atoms with Gasteiger partial charge in [0.05, 0.1) is 12.2 Å². The summed E-state index contributed by atoms with van der Waals surface area (Å²) in [6.07, 6.45) is 0.500. The molecule has 2 atom stereocenters. The molecule has 110 valence electrons. The molecule has 2 rings (SSSR count). The number of nitrogen functional groups attached to an aromatic ring is 1. The first-order valence-electron chi connectivity index (χ1n) is 6.66. The summed E-state index contributed by atoms with van der Waals surface area (Å²) in [4.78, 5) is 13.8. The quantitative estimate of drug-likeness (QED) is 0.498. The molecule has 0 spiro atoms. The molecule has 1 aliphatic rings. The Morgan fingerprint density at radius 3 is 2.65 bits per heavy atom. The molecule has 1 heterocycles. The zero-order chi connectivity index (χ0) is 14.7. The lowest BCUT2D eigenvalue weighted by Crippen LogP contribution is -2.44. The summed E-state index contributed by atoms with van der Waals surface area (Å²) in [5, 5.41) is 0. The fourth-order valence-corrected chi connectivity index (χ4v) is 3.06. The highest BCUT2D eigenvalue weighted by atomic mass is 79.9. The van der Waals surface area contributed by atoms with Crippen LogP contribution in [0.5, 0.6) is 0 Å². The molecule has 20 heavy (non-hydrogen) atoms. The van der Waals surface area contributed by atoms with E-state index in [4.69, 9.17) is 10.6 Å². The smallest absolute Gasteiger partial charge is 0.265 e. The van der Waals surface area contributed by atoms with Gasteiger partial charge in [0.25, 0.3) is 5.91 Å². The van der Waals surface area contributed by atoms with Gasteiger partial charge >= 0.3 is 0 Å². The highest BCUT2D eigenvalue weighted by Gasteiger charge is 2.22. The largest absolute Gasteiger partial charge is 0.373 e. The van der Waals surface area contributed by atoms with Gasteiger partial charge in [-0.15, -0.1) is 0 Å². The number of ether oxygens (including phenoxy) is 1. The zero-order valence-corrected chi connectivity index (χ0v) is 13.3. The number of hydrogen-bond donors (Lipinski definition) is 2. The minimum absolute atomic E-state index is 0.250. The molecule has 1 aliphatic heterocycles. The number of carbonyl (C=O) groups is 1. The van der Waals surface area contributed by atoms with Crippen molar-refractivity contribution < 1.29 is 9.53 Å². The lowest BCUT2D eigenvalue weighted by atomic mass is 10.1. The van der Waals surface area contributed by atoms with E-state index >= 15 is 0 Å². The normalized spacial score (nSPS) is 23.6. The van der Waals surface area contributed by atoms with E-state index in [1.807, 2.05) is 6.07 Å². The third-order valence-electron chi connectivity index (χ3n) is 3.34. The molecule has 1 saturated heterocycles. The maximum Gasteiger partial charge on any atom is 0.265 e. The van der Waals surface area contributed by atoms with Crippen LogP contribution in [0.4, 0.5) is 0 Å². The summed E-state index contributed by atoms with van der Waals surface area (Å²) in [5.41, 5.74) is 3.83. The van der Waals surface area contributed by atoms with Crippen molar-refractivity contribution in [3.63, 3.8) is 0 Å². The molecule has 3 N–H and O–H groups in total. The SMILES string of the molecule is CC1CN(Cc2ccc(C(=O)NN)cc2Br)CC(C)O1. The molecule has 0 radical (unpaired) electrons. The van der Waals surface area contributed by atoms with Crippen LogP contribution in [0.3, 0.4) is 0 Å². The number of amides is 1. The second kappa shape index (κ2) is 6.67. The summed E-state index contributed by atoms with van der Waals surface area (Å²) in [7, 11) is 0. The predicted molar refractivity (Wildman–Crippen MR) is 81.1 cm³/mol. The van der Waals surface area contributed by atoms with E-state index in [0.717, 1.165) is 29.7 Å².